The third-order valence-corrected chi connectivity index (χ3v) is 2.56. The van der Waals surface area contributed by atoms with Crippen LogP contribution in [0.25, 0.3) is 0 Å². The van der Waals surface area contributed by atoms with E-state index in [0.717, 1.165) is 0 Å². The summed E-state index contributed by atoms with van der Waals surface area (Å²) >= 11 is 0. The lowest BCUT2D eigenvalue weighted by Gasteiger charge is -2.24. The number of nitrogens with zero attached hydrogens (tertiary/aromatic N) is 3. The molecule has 0 aliphatic carbocycles. The van der Waals surface area contributed by atoms with E-state index in [-0.39, 0.29) is 12.2 Å². The fraction of sp³-hybridized carbons (Fsp3) is 0.417. The third kappa shape index (κ3) is 4.55. The number of para-hydroxylation sites is 2. The number of anilines is 1. The number of carboxylic acids is 1. The zero-order valence-corrected chi connectivity index (χ0v) is 10.9. The number of hydrogen-bond donors (Lipinski definition) is 1. The maximum atomic E-state index is 11.0. The van der Waals surface area contributed by atoms with Crippen molar-refractivity contribution in [2.24, 2.45) is 0 Å². The lowest BCUT2D eigenvalue weighted by molar-refractivity contribution is -0.384. The molecule has 0 radical (unpaired) electrons. The number of carboxylic acid groups (broad SMARTS) is 1. The van der Waals surface area contributed by atoms with Crippen molar-refractivity contribution in [2.75, 3.05) is 38.6 Å². The van der Waals surface area contributed by atoms with E-state index < -0.39 is 10.9 Å². The van der Waals surface area contributed by atoms with Gasteiger partial charge in [-0.25, -0.2) is 0 Å². The first kappa shape index (κ1) is 14.9. The fourth-order valence-electron chi connectivity index (χ4n) is 1.65. The van der Waals surface area contributed by atoms with Crippen LogP contribution in [0.1, 0.15) is 0 Å². The van der Waals surface area contributed by atoms with Gasteiger partial charge in [0.2, 0.25) is 0 Å². The lowest BCUT2D eigenvalue weighted by atomic mass is 10.2. The van der Waals surface area contributed by atoms with E-state index in [1.54, 1.807) is 18.2 Å². The summed E-state index contributed by atoms with van der Waals surface area (Å²) in [5, 5.41) is 19.9. The first-order valence-corrected chi connectivity index (χ1v) is 5.76. The summed E-state index contributed by atoms with van der Waals surface area (Å²) in [5.74, 6) is -1.02. The number of hydrogen-bond acceptors (Lipinski definition) is 5. The molecular formula is C12H17N3O4. The van der Waals surface area contributed by atoms with E-state index in [1.807, 2.05) is 19.0 Å². The zero-order valence-electron chi connectivity index (χ0n) is 10.9. The Balaban J connectivity index is 3.02. The van der Waals surface area contributed by atoms with E-state index >= 15 is 0 Å². The van der Waals surface area contributed by atoms with Gasteiger partial charge in [-0.15, -0.1) is 0 Å². The molecular weight excluding hydrogens is 250 g/mol. The number of benzene rings is 1. The summed E-state index contributed by atoms with van der Waals surface area (Å²) in [6.07, 6.45) is 0. The molecule has 1 aromatic rings. The molecule has 7 heteroatoms. The van der Waals surface area contributed by atoms with Gasteiger partial charge in [0.1, 0.15) is 12.2 Å². The zero-order chi connectivity index (χ0) is 14.4. The molecule has 0 aliphatic rings. The first-order chi connectivity index (χ1) is 8.91. The molecule has 19 heavy (non-hydrogen) atoms. The molecule has 0 bridgehead atoms. The number of nitro groups is 1. The predicted octanol–water partition coefficient (Wildman–Crippen LogP) is 1.05. The maximum Gasteiger partial charge on any atom is 0.323 e. The number of aliphatic carboxylic acids is 1. The summed E-state index contributed by atoms with van der Waals surface area (Å²) in [6.45, 7) is 0.752. The summed E-state index contributed by atoms with van der Waals surface area (Å²) < 4.78 is 0. The average molecular weight is 267 g/mol. The highest BCUT2D eigenvalue weighted by Crippen LogP contribution is 2.27. The Morgan fingerprint density at radius 2 is 1.95 bits per heavy atom. The standard InChI is InChI=1S/C12H17N3O4/c1-13(2)7-8-14(9-12(16)17)10-5-3-4-6-11(10)15(18)19/h3-6H,7-9H2,1-2H3,(H,16,17). The Labute approximate surface area is 111 Å². The van der Waals surface area contributed by atoms with Crippen LogP contribution < -0.4 is 4.90 Å². The quantitative estimate of drug-likeness (QED) is 0.587. The Kier molecular flexibility index (Phi) is 5.25. The number of carbonyl (C=O) groups is 1. The molecule has 104 valence electrons. The molecule has 0 fully saturated rings. The van der Waals surface area contributed by atoms with Crippen LogP contribution in [0.3, 0.4) is 0 Å². The van der Waals surface area contributed by atoms with Crippen molar-refractivity contribution in [2.45, 2.75) is 0 Å². The van der Waals surface area contributed by atoms with E-state index in [9.17, 15) is 14.9 Å². The van der Waals surface area contributed by atoms with Gasteiger partial charge in [-0.1, -0.05) is 12.1 Å². The van der Waals surface area contributed by atoms with Gasteiger partial charge in [-0.3, -0.25) is 14.9 Å². The predicted molar refractivity (Wildman–Crippen MR) is 71.5 cm³/mol. The highest BCUT2D eigenvalue weighted by atomic mass is 16.6. The highest BCUT2D eigenvalue weighted by molar-refractivity contribution is 5.76. The first-order valence-electron chi connectivity index (χ1n) is 5.76. The Bertz CT molecular complexity index is 462. The molecule has 0 heterocycles. The minimum absolute atomic E-state index is 0.0810. The van der Waals surface area contributed by atoms with Crippen molar-refractivity contribution < 1.29 is 14.8 Å². The second kappa shape index (κ2) is 6.69. The van der Waals surface area contributed by atoms with Crippen LogP contribution in [0, 0.1) is 10.1 Å². The van der Waals surface area contributed by atoms with Gasteiger partial charge < -0.3 is 14.9 Å². The minimum Gasteiger partial charge on any atom is -0.480 e. The summed E-state index contributed by atoms with van der Waals surface area (Å²) in [4.78, 5) is 24.7. The maximum absolute atomic E-state index is 11.0. The summed E-state index contributed by atoms with van der Waals surface area (Å²) in [7, 11) is 3.72. The van der Waals surface area contributed by atoms with Crippen LogP contribution in [0.2, 0.25) is 0 Å². The van der Waals surface area contributed by atoms with Gasteiger partial charge in [0.15, 0.2) is 0 Å². The highest BCUT2D eigenvalue weighted by Gasteiger charge is 2.20. The number of nitro benzene ring substituents is 1. The molecule has 0 atom stereocenters. The molecule has 0 unspecified atom stereocenters. The molecule has 0 aliphatic heterocycles. The normalized spacial score (nSPS) is 10.5. The minimum atomic E-state index is -1.02. The van der Waals surface area contributed by atoms with Crippen molar-refractivity contribution in [1.29, 1.82) is 0 Å². The Morgan fingerprint density at radius 3 is 2.47 bits per heavy atom. The Hall–Kier alpha value is -2.15. The van der Waals surface area contributed by atoms with Crippen LogP contribution in [0.4, 0.5) is 11.4 Å². The topological polar surface area (TPSA) is 86.9 Å². The number of likely N-dealkylation sites (N-methyl/N-ethyl adjacent to an activating group) is 1. The molecule has 1 N–H and O–H groups in total. The SMILES string of the molecule is CN(C)CCN(CC(=O)O)c1ccccc1[N+](=O)[O-]. The van der Waals surface area contributed by atoms with Crippen LogP contribution >= 0.6 is 0 Å². The van der Waals surface area contributed by atoms with Gasteiger partial charge in [-0.05, 0) is 20.2 Å². The average Bonchev–Trinajstić information content (AvgIpc) is 2.33. The third-order valence-electron chi connectivity index (χ3n) is 2.56. The monoisotopic (exact) mass is 267 g/mol. The molecule has 0 amide bonds. The van der Waals surface area contributed by atoms with Gasteiger partial charge >= 0.3 is 5.97 Å². The molecule has 1 rings (SSSR count). The fourth-order valence-corrected chi connectivity index (χ4v) is 1.65. The molecule has 1 aromatic carbocycles. The van der Waals surface area contributed by atoms with E-state index in [4.69, 9.17) is 5.11 Å². The van der Waals surface area contributed by atoms with Crippen molar-refractivity contribution in [1.82, 2.24) is 4.90 Å². The van der Waals surface area contributed by atoms with Crippen molar-refractivity contribution >= 4 is 17.3 Å². The van der Waals surface area contributed by atoms with Crippen LogP contribution in [0.15, 0.2) is 24.3 Å². The van der Waals surface area contributed by atoms with Crippen molar-refractivity contribution in [3.05, 3.63) is 34.4 Å². The summed E-state index contributed by atoms with van der Waals surface area (Å²) in [6, 6.07) is 6.16. The van der Waals surface area contributed by atoms with Crippen molar-refractivity contribution in [3.63, 3.8) is 0 Å². The molecule has 7 nitrogen and oxygen atoms in total. The molecule has 0 aromatic heterocycles. The van der Waals surface area contributed by atoms with E-state index in [0.29, 0.717) is 18.8 Å². The van der Waals surface area contributed by atoms with Crippen molar-refractivity contribution in [3.8, 4) is 0 Å². The summed E-state index contributed by atoms with van der Waals surface area (Å²) in [5.41, 5.74) is 0.249. The van der Waals surface area contributed by atoms with Gasteiger partial charge in [0.05, 0.1) is 4.92 Å². The van der Waals surface area contributed by atoms with Crippen LogP contribution in [0.5, 0.6) is 0 Å². The smallest absolute Gasteiger partial charge is 0.323 e. The van der Waals surface area contributed by atoms with Crippen LogP contribution in [-0.4, -0.2) is 54.6 Å². The van der Waals surface area contributed by atoms with Gasteiger partial charge in [-0.2, -0.15) is 0 Å². The molecule has 0 saturated heterocycles. The number of rotatable bonds is 7. The molecule has 0 saturated carbocycles. The second-order valence-corrected chi connectivity index (χ2v) is 4.36. The van der Waals surface area contributed by atoms with Gasteiger partial charge in [0.25, 0.3) is 5.69 Å². The second-order valence-electron chi connectivity index (χ2n) is 4.36. The molecule has 0 spiro atoms. The van der Waals surface area contributed by atoms with Crippen LogP contribution in [-0.2, 0) is 4.79 Å². The van der Waals surface area contributed by atoms with E-state index in [2.05, 4.69) is 0 Å². The largest absolute Gasteiger partial charge is 0.480 e. The lowest BCUT2D eigenvalue weighted by Crippen LogP contribution is -2.36. The van der Waals surface area contributed by atoms with E-state index in [1.165, 1.54) is 11.0 Å². The Morgan fingerprint density at radius 1 is 1.32 bits per heavy atom. The van der Waals surface area contributed by atoms with Gasteiger partial charge in [0, 0.05) is 19.2 Å².